The molecule has 6 heteroatoms. The van der Waals surface area contributed by atoms with Crippen LogP contribution in [0.25, 0.3) is 0 Å². The molecule has 0 aliphatic rings. The summed E-state index contributed by atoms with van der Waals surface area (Å²) < 4.78 is 0. The monoisotopic (exact) mass is 195 g/mol. The number of aliphatic hydroxyl groups is 2. The normalized spacial score (nSPS) is 16.1. The van der Waals surface area contributed by atoms with Crippen molar-refractivity contribution < 1.29 is 20.1 Å². The van der Waals surface area contributed by atoms with Crippen LogP contribution in [0.4, 0.5) is 0 Å². The summed E-state index contributed by atoms with van der Waals surface area (Å²) in [5, 5.41) is 24.8. The average Bonchev–Trinajstić information content (AvgIpc) is 1.98. The van der Waals surface area contributed by atoms with Crippen LogP contribution < -0.4 is 5.73 Å². The summed E-state index contributed by atoms with van der Waals surface area (Å²) in [6.45, 7) is 0. The molecule has 0 saturated carbocycles. The minimum atomic E-state index is -1.43. The number of thiol groups is 1. The lowest BCUT2D eigenvalue weighted by Crippen LogP contribution is -2.39. The Hall–Kier alpha value is -0.300. The van der Waals surface area contributed by atoms with Crippen molar-refractivity contribution in [2.24, 2.45) is 5.73 Å². The molecule has 0 saturated heterocycles. The largest absolute Gasteiger partial charge is 0.480 e. The molecule has 0 aromatic rings. The number of nitrogens with two attached hydrogens (primary N) is 1. The summed E-state index contributed by atoms with van der Waals surface area (Å²) in [5.41, 5.74) is 5.21. The molecule has 5 N–H and O–H groups in total. The summed E-state index contributed by atoms with van der Waals surface area (Å²) in [4.78, 5) is 10.3. The highest BCUT2D eigenvalue weighted by Gasteiger charge is 2.20. The molecular weight excluding hydrogens is 182 g/mol. The first-order valence-electron chi connectivity index (χ1n) is 3.47. The van der Waals surface area contributed by atoms with Crippen LogP contribution in [-0.2, 0) is 4.79 Å². The molecule has 0 fully saturated rings. The van der Waals surface area contributed by atoms with Crippen LogP contribution >= 0.6 is 12.6 Å². The predicted molar refractivity (Wildman–Crippen MR) is 45.8 cm³/mol. The second-order valence-electron chi connectivity index (χ2n) is 2.49. The Kier molecular flexibility index (Phi) is 5.23. The molecule has 72 valence electrons. The molecule has 0 spiro atoms. The van der Waals surface area contributed by atoms with Crippen LogP contribution in [0, 0.1) is 0 Å². The fourth-order valence-corrected chi connectivity index (χ4v) is 0.941. The Morgan fingerprint density at radius 2 is 1.92 bits per heavy atom. The number of aliphatic carboxylic acids is 1. The van der Waals surface area contributed by atoms with Crippen molar-refractivity contribution >= 4 is 18.6 Å². The molecule has 0 aliphatic carbocycles. The zero-order chi connectivity index (χ0) is 9.72. The molecular formula is C6H13NO4S. The lowest BCUT2D eigenvalue weighted by Gasteiger charge is -2.14. The number of rotatable bonds is 5. The van der Waals surface area contributed by atoms with Crippen molar-refractivity contribution in [1.82, 2.24) is 0 Å². The van der Waals surface area contributed by atoms with Gasteiger partial charge in [-0.2, -0.15) is 12.6 Å². The SMILES string of the molecule is NC(C(=O)O)C(S)CCC(O)O. The molecule has 0 rings (SSSR count). The number of hydrogen-bond acceptors (Lipinski definition) is 5. The maximum absolute atomic E-state index is 10.3. The molecule has 0 aromatic carbocycles. The Morgan fingerprint density at radius 3 is 2.25 bits per heavy atom. The molecule has 5 nitrogen and oxygen atoms in total. The summed E-state index contributed by atoms with van der Waals surface area (Å²) in [6.07, 6.45) is -1.09. The summed E-state index contributed by atoms with van der Waals surface area (Å²) >= 11 is 3.91. The van der Waals surface area contributed by atoms with Crippen LogP contribution in [0.2, 0.25) is 0 Å². The lowest BCUT2D eigenvalue weighted by molar-refractivity contribution is -0.138. The number of carbonyl (C=O) groups is 1. The van der Waals surface area contributed by atoms with Crippen molar-refractivity contribution in [3.8, 4) is 0 Å². The van der Waals surface area contributed by atoms with Gasteiger partial charge >= 0.3 is 5.97 Å². The third-order valence-electron chi connectivity index (χ3n) is 1.42. The van der Waals surface area contributed by atoms with Gasteiger partial charge in [0, 0.05) is 5.25 Å². The predicted octanol–water partition coefficient (Wildman–Crippen LogP) is -1.21. The highest BCUT2D eigenvalue weighted by molar-refractivity contribution is 7.81. The fraction of sp³-hybridized carbons (Fsp3) is 0.833. The van der Waals surface area contributed by atoms with E-state index in [1.54, 1.807) is 0 Å². The van der Waals surface area contributed by atoms with Gasteiger partial charge in [-0.25, -0.2) is 0 Å². The second-order valence-corrected chi connectivity index (χ2v) is 3.15. The number of carboxylic acids is 1. The van der Waals surface area contributed by atoms with E-state index in [2.05, 4.69) is 12.6 Å². The molecule has 0 amide bonds. The Balaban J connectivity index is 3.71. The maximum Gasteiger partial charge on any atom is 0.321 e. The topological polar surface area (TPSA) is 104 Å². The van der Waals surface area contributed by atoms with E-state index in [1.807, 2.05) is 0 Å². The van der Waals surface area contributed by atoms with E-state index < -0.39 is 23.6 Å². The Bertz CT molecular complexity index is 152. The molecule has 12 heavy (non-hydrogen) atoms. The van der Waals surface area contributed by atoms with Gasteiger partial charge in [0.05, 0.1) is 0 Å². The number of hydrogen-bond donors (Lipinski definition) is 5. The van der Waals surface area contributed by atoms with Gasteiger partial charge in [0.25, 0.3) is 0 Å². The van der Waals surface area contributed by atoms with Crippen molar-refractivity contribution in [3.63, 3.8) is 0 Å². The van der Waals surface area contributed by atoms with E-state index in [-0.39, 0.29) is 12.8 Å². The summed E-state index contributed by atoms with van der Waals surface area (Å²) in [5.74, 6) is -1.14. The van der Waals surface area contributed by atoms with Crippen LogP contribution in [0.5, 0.6) is 0 Å². The van der Waals surface area contributed by atoms with Gasteiger partial charge in [-0.15, -0.1) is 0 Å². The zero-order valence-corrected chi connectivity index (χ0v) is 7.32. The van der Waals surface area contributed by atoms with E-state index in [1.165, 1.54) is 0 Å². The first-order valence-corrected chi connectivity index (χ1v) is 3.99. The fourth-order valence-electron chi connectivity index (χ4n) is 0.664. The molecule has 2 unspecified atom stereocenters. The number of aliphatic hydroxyl groups excluding tert-OH is 1. The molecule has 0 radical (unpaired) electrons. The summed E-state index contributed by atoms with van der Waals surface area (Å²) in [7, 11) is 0. The van der Waals surface area contributed by atoms with Gasteiger partial charge in [-0.05, 0) is 12.8 Å². The van der Waals surface area contributed by atoms with Gasteiger partial charge in [0.15, 0.2) is 6.29 Å². The van der Waals surface area contributed by atoms with Crippen LogP contribution in [0.1, 0.15) is 12.8 Å². The first kappa shape index (κ1) is 11.7. The highest BCUT2D eigenvalue weighted by Crippen LogP contribution is 2.09. The standard InChI is InChI=1S/C6H13NO4S/c7-5(6(10)11)3(12)1-2-4(8)9/h3-5,8-9,12H,1-2,7H2,(H,10,11). The van der Waals surface area contributed by atoms with E-state index in [0.29, 0.717) is 0 Å². The van der Waals surface area contributed by atoms with Crippen molar-refractivity contribution in [2.45, 2.75) is 30.4 Å². The smallest absolute Gasteiger partial charge is 0.321 e. The molecule has 0 aliphatic heterocycles. The first-order chi connectivity index (χ1) is 5.45. The second kappa shape index (κ2) is 5.36. The highest BCUT2D eigenvalue weighted by atomic mass is 32.1. The van der Waals surface area contributed by atoms with Crippen molar-refractivity contribution in [2.75, 3.05) is 0 Å². The van der Waals surface area contributed by atoms with Gasteiger partial charge in [-0.3, -0.25) is 4.79 Å². The van der Waals surface area contributed by atoms with E-state index in [4.69, 9.17) is 21.1 Å². The Labute approximate surface area is 75.6 Å². The van der Waals surface area contributed by atoms with Crippen LogP contribution in [0.3, 0.4) is 0 Å². The van der Waals surface area contributed by atoms with Crippen LogP contribution in [0.15, 0.2) is 0 Å². The zero-order valence-electron chi connectivity index (χ0n) is 6.42. The quantitative estimate of drug-likeness (QED) is 0.280. The third-order valence-corrected chi connectivity index (χ3v) is 2.00. The van der Waals surface area contributed by atoms with E-state index in [9.17, 15) is 4.79 Å². The number of carboxylic acid groups (broad SMARTS) is 1. The van der Waals surface area contributed by atoms with Gasteiger partial charge in [0.1, 0.15) is 6.04 Å². The molecule has 0 bridgehead atoms. The maximum atomic E-state index is 10.3. The average molecular weight is 195 g/mol. The van der Waals surface area contributed by atoms with Gasteiger partial charge in [-0.1, -0.05) is 0 Å². The molecule has 2 atom stereocenters. The van der Waals surface area contributed by atoms with Gasteiger partial charge in [0.2, 0.25) is 0 Å². The molecule has 0 heterocycles. The Morgan fingerprint density at radius 1 is 1.42 bits per heavy atom. The minimum absolute atomic E-state index is 0.0785. The van der Waals surface area contributed by atoms with E-state index >= 15 is 0 Å². The third kappa shape index (κ3) is 4.55. The van der Waals surface area contributed by atoms with Gasteiger partial charge < -0.3 is 21.1 Å². The lowest BCUT2D eigenvalue weighted by atomic mass is 10.1. The van der Waals surface area contributed by atoms with Crippen molar-refractivity contribution in [3.05, 3.63) is 0 Å². The van der Waals surface area contributed by atoms with Crippen molar-refractivity contribution in [1.29, 1.82) is 0 Å². The summed E-state index contributed by atoms with van der Waals surface area (Å²) in [6, 6.07) is -1.06. The minimum Gasteiger partial charge on any atom is -0.480 e. The van der Waals surface area contributed by atoms with Crippen LogP contribution in [-0.4, -0.2) is 38.9 Å². The molecule has 0 aromatic heterocycles. The van der Waals surface area contributed by atoms with E-state index in [0.717, 1.165) is 0 Å².